The second-order valence-corrected chi connectivity index (χ2v) is 9.42. The summed E-state index contributed by atoms with van der Waals surface area (Å²) in [6, 6.07) is 37.2. The second kappa shape index (κ2) is 7.81. The molecule has 1 heteroatoms. The lowest BCUT2D eigenvalue weighted by atomic mass is 9.85. The second-order valence-electron chi connectivity index (χ2n) is 9.42. The smallest absolute Gasteiger partial charge is 0.136 e. The molecule has 0 bridgehead atoms. The topological polar surface area (TPSA) is 13.1 Å². The predicted octanol–water partition coefficient (Wildman–Crippen LogP) is 10.4. The van der Waals surface area contributed by atoms with E-state index in [1.54, 1.807) is 0 Å². The molecule has 0 radical (unpaired) electrons. The molecule has 1 nitrogen and oxygen atoms in total. The van der Waals surface area contributed by atoms with E-state index in [0.29, 0.717) is 16.4 Å². The normalized spacial score (nSPS) is 13.3. The van der Waals surface area contributed by atoms with Gasteiger partial charge >= 0.3 is 0 Å². The van der Waals surface area contributed by atoms with Crippen molar-refractivity contribution in [2.24, 2.45) is 0 Å². The molecular formula is C36H22O. The Morgan fingerprint density at radius 3 is 1.70 bits per heavy atom. The number of fused-ring (bicyclic) bond motifs is 6. The van der Waals surface area contributed by atoms with Crippen LogP contribution < -0.4 is 0 Å². The number of para-hydroxylation sites is 1. The van der Waals surface area contributed by atoms with E-state index >= 15 is 0 Å². The molecule has 7 aromatic carbocycles. The van der Waals surface area contributed by atoms with Gasteiger partial charge in [0.2, 0.25) is 0 Å². The lowest BCUT2D eigenvalue weighted by molar-refractivity contribution is 0.669. The van der Waals surface area contributed by atoms with Gasteiger partial charge in [0.15, 0.2) is 0 Å². The maximum absolute atomic E-state index is 8.46. The van der Waals surface area contributed by atoms with Crippen molar-refractivity contribution in [1.29, 1.82) is 0 Å². The van der Waals surface area contributed by atoms with Gasteiger partial charge in [0.1, 0.15) is 11.2 Å². The van der Waals surface area contributed by atoms with Crippen molar-refractivity contribution in [2.75, 3.05) is 0 Å². The fourth-order valence-electron chi connectivity index (χ4n) is 5.74. The molecule has 172 valence electrons. The Morgan fingerprint density at radius 1 is 0.432 bits per heavy atom. The molecule has 8 aromatic rings. The average Bonchev–Trinajstić information content (AvgIpc) is 3.40. The van der Waals surface area contributed by atoms with Crippen LogP contribution in [0.2, 0.25) is 0 Å². The zero-order chi connectivity index (χ0) is 27.8. The molecule has 8 rings (SSSR count). The van der Waals surface area contributed by atoms with Gasteiger partial charge in [-0.05, 0) is 78.8 Å². The van der Waals surface area contributed by atoms with Gasteiger partial charge in [-0.15, -0.1) is 0 Å². The van der Waals surface area contributed by atoms with Crippen LogP contribution in [0.15, 0.2) is 138 Å². The minimum Gasteiger partial charge on any atom is -0.456 e. The van der Waals surface area contributed by atoms with E-state index in [2.05, 4.69) is 91.0 Å². The third-order valence-electron chi connectivity index (χ3n) is 7.37. The van der Waals surface area contributed by atoms with Crippen LogP contribution in [0.5, 0.6) is 0 Å². The Hall–Kier alpha value is -4.88. The van der Waals surface area contributed by atoms with Crippen molar-refractivity contribution in [3.8, 4) is 22.3 Å². The van der Waals surface area contributed by atoms with Crippen molar-refractivity contribution < 1.29 is 9.90 Å². The molecule has 0 atom stereocenters. The first-order valence-corrected chi connectivity index (χ1v) is 12.4. The quantitative estimate of drug-likeness (QED) is 0.227. The average molecular weight is 475 g/mol. The first-order chi connectivity index (χ1) is 20.0. The molecule has 1 heterocycles. The van der Waals surface area contributed by atoms with Crippen LogP contribution >= 0.6 is 0 Å². The molecule has 0 spiro atoms. The third-order valence-corrected chi connectivity index (χ3v) is 7.37. The SMILES string of the molecule is [2H]c1c([2H])c([2H])c2c(oc3cc(-c4c5ccccc5c(-c5ccc6ccccc6c5)c5ccccc45)ccc32)c1[2H]. The maximum atomic E-state index is 8.46. The van der Waals surface area contributed by atoms with E-state index in [4.69, 9.17) is 9.90 Å². The molecule has 0 N–H and O–H groups in total. The van der Waals surface area contributed by atoms with Crippen LogP contribution in [0, 0.1) is 0 Å². The lowest BCUT2D eigenvalue weighted by Crippen LogP contribution is -1.90. The highest BCUT2D eigenvalue weighted by Gasteiger charge is 2.17. The summed E-state index contributed by atoms with van der Waals surface area (Å²) < 4.78 is 39.2. The Labute approximate surface area is 219 Å². The Bertz CT molecular complexity index is 2310. The largest absolute Gasteiger partial charge is 0.456 e. The van der Waals surface area contributed by atoms with E-state index in [1.807, 2.05) is 18.2 Å². The molecule has 0 amide bonds. The van der Waals surface area contributed by atoms with Crippen LogP contribution in [0.1, 0.15) is 5.48 Å². The van der Waals surface area contributed by atoms with Gasteiger partial charge in [0, 0.05) is 10.8 Å². The van der Waals surface area contributed by atoms with Gasteiger partial charge in [-0.25, -0.2) is 0 Å². The maximum Gasteiger partial charge on any atom is 0.136 e. The summed E-state index contributed by atoms with van der Waals surface area (Å²) in [5.41, 5.74) is 5.13. The minimum atomic E-state index is -0.289. The van der Waals surface area contributed by atoms with E-state index in [0.717, 1.165) is 32.7 Å². The monoisotopic (exact) mass is 474 g/mol. The number of furan rings is 1. The summed E-state index contributed by atoms with van der Waals surface area (Å²) in [5, 5.41) is 8.05. The summed E-state index contributed by atoms with van der Waals surface area (Å²) >= 11 is 0. The van der Waals surface area contributed by atoms with Crippen molar-refractivity contribution >= 4 is 54.3 Å². The van der Waals surface area contributed by atoms with Gasteiger partial charge in [-0.3, -0.25) is 0 Å². The Morgan fingerprint density at radius 2 is 1.00 bits per heavy atom. The zero-order valence-corrected chi connectivity index (χ0v) is 19.8. The molecule has 0 saturated heterocycles. The minimum absolute atomic E-state index is 0.0804. The molecule has 0 aliphatic carbocycles. The molecule has 0 aliphatic heterocycles. The fraction of sp³-hybridized carbons (Fsp3) is 0. The highest BCUT2D eigenvalue weighted by atomic mass is 16.3. The molecular weight excluding hydrogens is 448 g/mol. The molecule has 0 unspecified atom stereocenters. The summed E-state index contributed by atoms with van der Waals surface area (Å²) in [6.45, 7) is 0. The highest BCUT2D eigenvalue weighted by Crippen LogP contribution is 2.45. The summed E-state index contributed by atoms with van der Waals surface area (Å²) in [5.74, 6) is 0. The molecule has 37 heavy (non-hydrogen) atoms. The van der Waals surface area contributed by atoms with Gasteiger partial charge in [-0.1, -0.05) is 109 Å². The van der Waals surface area contributed by atoms with Crippen LogP contribution in [0.25, 0.3) is 76.5 Å². The first kappa shape index (κ1) is 16.7. The van der Waals surface area contributed by atoms with Gasteiger partial charge in [-0.2, -0.15) is 0 Å². The van der Waals surface area contributed by atoms with Crippen LogP contribution in [0.3, 0.4) is 0 Å². The summed E-state index contributed by atoms with van der Waals surface area (Å²) in [6.07, 6.45) is 0. The van der Waals surface area contributed by atoms with E-state index < -0.39 is 0 Å². The molecule has 0 fully saturated rings. The lowest BCUT2D eigenvalue weighted by Gasteiger charge is -2.18. The number of hydrogen-bond donors (Lipinski definition) is 0. The summed E-state index contributed by atoms with van der Waals surface area (Å²) in [7, 11) is 0. The van der Waals surface area contributed by atoms with Gasteiger partial charge < -0.3 is 4.42 Å². The van der Waals surface area contributed by atoms with Crippen molar-refractivity contribution in [3.05, 3.63) is 133 Å². The van der Waals surface area contributed by atoms with E-state index in [1.165, 1.54) is 21.9 Å². The number of rotatable bonds is 2. The predicted molar refractivity (Wildman–Crippen MR) is 157 cm³/mol. The Kier molecular flexibility index (Phi) is 3.53. The van der Waals surface area contributed by atoms with Crippen LogP contribution in [0.4, 0.5) is 0 Å². The van der Waals surface area contributed by atoms with Gasteiger partial charge in [0.25, 0.3) is 0 Å². The fourth-order valence-corrected chi connectivity index (χ4v) is 5.74. The van der Waals surface area contributed by atoms with Crippen LogP contribution in [-0.2, 0) is 0 Å². The molecule has 0 aliphatic rings. The van der Waals surface area contributed by atoms with Crippen molar-refractivity contribution in [2.45, 2.75) is 0 Å². The van der Waals surface area contributed by atoms with Crippen molar-refractivity contribution in [1.82, 2.24) is 0 Å². The van der Waals surface area contributed by atoms with E-state index in [9.17, 15) is 0 Å². The molecule has 1 aromatic heterocycles. The molecule has 0 saturated carbocycles. The van der Waals surface area contributed by atoms with Crippen molar-refractivity contribution in [3.63, 3.8) is 0 Å². The summed E-state index contributed by atoms with van der Waals surface area (Å²) in [4.78, 5) is 0. The Balaban J connectivity index is 1.45. The zero-order valence-electron chi connectivity index (χ0n) is 23.8. The number of hydrogen-bond acceptors (Lipinski definition) is 1. The van der Waals surface area contributed by atoms with Gasteiger partial charge in [0.05, 0.1) is 5.48 Å². The standard InChI is InChI=1S/C36H22O/c1-2-10-24-21-25(18-17-23(24)9-1)35-29-12-3-5-14-31(29)36(32-15-6-4-13-30(32)35)26-19-20-28-27-11-7-8-16-33(27)37-34(28)22-26/h1-22H/i7D,8D,11D,16D. The first-order valence-electron chi connectivity index (χ1n) is 14.4. The highest BCUT2D eigenvalue weighted by molar-refractivity contribution is 6.22. The number of benzene rings is 7. The third kappa shape index (κ3) is 3.04. The van der Waals surface area contributed by atoms with E-state index in [-0.39, 0.29) is 29.8 Å². The van der Waals surface area contributed by atoms with Crippen LogP contribution in [-0.4, -0.2) is 0 Å².